The SMILES string of the molecule is COC(=O)c1cccc(COC(=O)c2ccc(O)cc2O)c1. The zero-order valence-electron chi connectivity index (χ0n) is 11.8. The molecule has 2 rings (SSSR count). The van der Waals surface area contributed by atoms with Crippen molar-refractivity contribution in [3.05, 3.63) is 59.2 Å². The number of benzene rings is 2. The Hall–Kier alpha value is -3.02. The molecule has 0 aliphatic carbocycles. The Morgan fingerprint density at radius 3 is 2.50 bits per heavy atom. The first kappa shape index (κ1) is 15.4. The highest BCUT2D eigenvalue weighted by Crippen LogP contribution is 2.23. The molecule has 0 aliphatic rings. The summed E-state index contributed by atoms with van der Waals surface area (Å²) in [5.74, 6) is -1.74. The van der Waals surface area contributed by atoms with Crippen LogP contribution in [0.5, 0.6) is 11.5 Å². The van der Waals surface area contributed by atoms with Crippen molar-refractivity contribution < 1.29 is 29.3 Å². The summed E-state index contributed by atoms with van der Waals surface area (Å²) < 4.78 is 9.68. The van der Waals surface area contributed by atoms with Gasteiger partial charge in [-0.1, -0.05) is 12.1 Å². The van der Waals surface area contributed by atoms with E-state index in [4.69, 9.17) is 4.74 Å². The minimum atomic E-state index is -0.735. The minimum Gasteiger partial charge on any atom is -0.508 e. The fraction of sp³-hybridized carbons (Fsp3) is 0.125. The van der Waals surface area contributed by atoms with Crippen LogP contribution in [0.4, 0.5) is 0 Å². The van der Waals surface area contributed by atoms with Crippen LogP contribution in [0.15, 0.2) is 42.5 Å². The molecular formula is C16H14O6. The number of ether oxygens (including phenoxy) is 2. The number of carbonyl (C=O) groups excluding carboxylic acids is 2. The maximum atomic E-state index is 11.9. The molecule has 0 atom stereocenters. The first-order valence-corrected chi connectivity index (χ1v) is 6.37. The number of methoxy groups -OCH3 is 1. The Morgan fingerprint density at radius 1 is 1.05 bits per heavy atom. The second-order valence-corrected chi connectivity index (χ2v) is 4.47. The average molecular weight is 302 g/mol. The molecule has 114 valence electrons. The third kappa shape index (κ3) is 3.54. The first-order chi connectivity index (χ1) is 10.5. The van der Waals surface area contributed by atoms with Gasteiger partial charge in [0, 0.05) is 6.07 Å². The van der Waals surface area contributed by atoms with E-state index in [1.54, 1.807) is 24.3 Å². The number of carbonyl (C=O) groups is 2. The van der Waals surface area contributed by atoms with Crippen LogP contribution in [0.1, 0.15) is 26.3 Å². The predicted molar refractivity (Wildman–Crippen MR) is 76.7 cm³/mol. The van der Waals surface area contributed by atoms with Gasteiger partial charge in [-0.2, -0.15) is 0 Å². The van der Waals surface area contributed by atoms with Gasteiger partial charge in [-0.15, -0.1) is 0 Å². The van der Waals surface area contributed by atoms with Gasteiger partial charge in [0.05, 0.1) is 12.7 Å². The van der Waals surface area contributed by atoms with E-state index in [-0.39, 0.29) is 23.7 Å². The fourth-order valence-corrected chi connectivity index (χ4v) is 1.83. The van der Waals surface area contributed by atoms with Crippen LogP contribution in [0, 0.1) is 0 Å². The van der Waals surface area contributed by atoms with Crippen LogP contribution in [-0.2, 0) is 16.1 Å². The highest BCUT2D eigenvalue weighted by atomic mass is 16.5. The van der Waals surface area contributed by atoms with E-state index in [2.05, 4.69) is 4.74 Å². The lowest BCUT2D eigenvalue weighted by Crippen LogP contribution is -2.07. The van der Waals surface area contributed by atoms with Crippen molar-refractivity contribution in [2.75, 3.05) is 7.11 Å². The Kier molecular flexibility index (Phi) is 4.63. The Balaban J connectivity index is 2.06. The number of aromatic hydroxyl groups is 2. The number of hydrogen-bond donors (Lipinski definition) is 2. The van der Waals surface area contributed by atoms with Gasteiger partial charge in [-0.3, -0.25) is 0 Å². The number of hydrogen-bond acceptors (Lipinski definition) is 6. The lowest BCUT2D eigenvalue weighted by Gasteiger charge is -2.07. The molecule has 0 radical (unpaired) electrons. The van der Waals surface area contributed by atoms with Crippen LogP contribution in [-0.4, -0.2) is 29.3 Å². The number of phenolic OH excluding ortho intramolecular Hbond substituents is 2. The first-order valence-electron chi connectivity index (χ1n) is 6.37. The van der Waals surface area contributed by atoms with Crippen LogP contribution in [0.2, 0.25) is 0 Å². The summed E-state index contributed by atoms with van der Waals surface area (Å²) >= 11 is 0. The van der Waals surface area contributed by atoms with Crippen molar-refractivity contribution in [1.82, 2.24) is 0 Å². The summed E-state index contributed by atoms with van der Waals surface area (Å²) in [5.41, 5.74) is 0.903. The van der Waals surface area contributed by atoms with Gasteiger partial charge in [-0.05, 0) is 29.8 Å². The summed E-state index contributed by atoms with van der Waals surface area (Å²) in [6.07, 6.45) is 0. The van der Waals surface area contributed by atoms with Crippen molar-refractivity contribution in [2.24, 2.45) is 0 Å². The molecule has 0 aliphatic heterocycles. The van der Waals surface area contributed by atoms with Gasteiger partial charge in [0.25, 0.3) is 0 Å². The standard InChI is InChI=1S/C16H14O6/c1-21-15(19)11-4-2-3-10(7-11)9-22-16(20)13-6-5-12(17)8-14(13)18/h2-8,17-18H,9H2,1H3. The monoisotopic (exact) mass is 302 g/mol. The van der Waals surface area contributed by atoms with E-state index in [0.717, 1.165) is 6.07 Å². The summed E-state index contributed by atoms with van der Waals surface area (Å²) in [7, 11) is 1.28. The van der Waals surface area contributed by atoms with Crippen molar-refractivity contribution in [3.63, 3.8) is 0 Å². The zero-order valence-corrected chi connectivity index (χ0v) is 11.8. The molecule has 2 aromatic carbocycles. The lowest BCUT2D eigenvalue weighted by atomic mass is 10.1. The number of rotatable bonds is 4. The molecule has 0 saturated heterocycles. The topological polar surface area (TPSA) is 93.1 Å². The quantitative estimate of drug-likeness (QED) is 0.841. The van der Waals surface area contributed by atoms with E-state index in [1.807, 2.05) is 0 Å². The van der Waals surface area contributed by atoms with Gasteiger partial charge < -0.3 is 19.7 Å². The average Bonchev–Trinajstić information content (AvgIpc) is 2.52. The molecule has 0 bridgehead atoms. The van der Waals surface area contributed by atoms with E-state index in [9.17, 15) is 19.8 Å². The normalized spacial score (nSPS) is 10.0. The van der Waals surface area contributed by atoms with Gasteiger partial charge >= 0.3 is 11.9 Å². The number of phenols is 2. The van der Waals surface area contributed by atoms with Crippen LogP contribution in [0.25, 0.3) is 0 Å². The molecule has 0 aromatic heterocycles. The third-order valence-electron chi connectivity index (χ3n) is 2.92. The maximum Gasteiger partial charge on any atom is 0.342 e. The molecule has 2 aromatic rings. The second-order valence-electron chi connectivity index (χ2n) is 4.47. The van der Waals surface area contributed by atoms with Crippen molar-refractivity contribution >= 4 is 11.9 Å². The van der Waals surface area contributed by atoms with Crippen LogP contribution >= 0.6 is 0 Å². The molecule has 0 heterocycles. The van der Waals surface area contributed by atoms with Crippen LogP contribution in [0.3, 0.4) is 0 Å². The molecule has 0 amide bonds. The summed E-state index contributed by atoms with van der Waals surface area (Å²) in [6.45, 7) is -0.0655. The van der Waals surface area contributed by atoms with E-state index < -0.39 is 11.9 Å². The summed E-state index contributed by atoms with van der Waals surface area (Å²) in [4.78, 5) is 23.3. The molecule has 22 heavy (non-hydrogen) atoms. The molecule has 0 spiro atoms. The van der Waals surface area contributed by atoms with Gasteiger partial charge in [0.15, 0.2) is 0 Å². The third-order valence-corrected chi connectivity index (χ3v) is 2.92. The smallest absolute Gasteiger partial charge is 0.342 e. The molecule has 0 fully saturated rings. The lowest BCUT2D eigenvalue weighted by molar-refractivity contribution is 0.0469. The molecular weight excluding hydrogens is 288 g/mol. The Labute approximate surface area is 126 Å². The summed E-state index contributed by atoms with van der Waals surface area (Å²) in [6, 6.07) is 10.1. The van der Waals surface area contributed by atoms with Crippen LogP contribution < -0.4 is 0 Å². The maximum absolute atomic E-state index is 11.9. The minimum absolute atomic E-state index is 0.0538. The van der Waals surface area contributed by atoms with Gasteiger partial charge in [0.2, 0.25) is 0 Å². The highest BCUT2D eigenvalue weighted by Gasteiger charge is 2.14. The molecule has 0 unspecified atom stereocenters. The number of esters is 2. The molecule has 6 nitrogen and oxygen atoms in total. The van der Waals surface area contributed by atoms with E-state index in [1.165, 1.54) is 19.2 Å². The summed E-state index contributed by atoms with van der Waals surface area (Å²) in [5, 5.41) is 18.8. The fourth-order valence-electron chi connectivity index (χ4n) is 1.83. The largest absolute Gasteiger partial charge is 0.508 e. The zero-order chi connectivity index (χ0) is 16.1. The van der Waals surface area contributed by atoms with E-state index in [0.29, 0.717) is 11.1 Å². The molecule has 6 heteroatoms. The molecule has 0 saturated carbocycles. The highest BCUT2D eigenvalue weighted by molar-refractivity contribution is 5.92. The van der Waals surface area contributed by atoms with Gasteiger partial charge in [0.1, 0.15) is 23.7 Å². The second kappa shape index (κ2) is 6.62. The van der Waals surface area contributed by atoms with Crippen molar-refractivity contribution in [1.29, 1.82) is 0 Å². The van der Waals surface area contributed by atoms with Crippen molar-refractivity contribution in [3.8, 4) is 11.5 Å². The van der Waals surface area contributed by atoms with Crippen molar-refractivity contribution in [2.45, 2.75) is 6.61 Å². The van der Waals surface area contributed by atoms with Gasteiger partial charge in [-0.25, -0.2) is 9.59 Å². The molecule has 2 N–H and O–H groups in total. The van der Waals surface area contributed by atoms with E-state index >= 15 is 0 Å². The Morgan fingerprint density at radius 2 is 1.82 bits per heavy atom. The Bertz CT molecular complexity index is 708. The predicted octanol–water partition coefficient (Wildman–Crippen LogP) is 2.24.